The van der Waals surface area contributed by atoms with Crippen molar-refractivity contribution < 1.29 is 19.1 Å². The first-order chi connectivity index (χ1) is 11.7. The molecule has 128 valence electrons. The van der Waals surface area contributed by atoms with Crippen molar-refractivity contribution in [3.8, 4) is 0 Å². The van der Waals surface area contributed by atoms with Gasteiger partial charge in [0, 0.05) is 13.7 Å². The molecule has 0 aliphatic carbocycles. The number of hydrogen-bond donors (Lipinski definition) is 2. The number of aliphatic hydroxyl groups excluding tert-OH is 1. The smallest absolute Gasteiger partial charge is 0.318 e. The number of furan rings is 1. The summed E-state index contributed by atoms with van der Waals surface area (Å²) in [6, 6.07) is 10.6. The molecule has 24 heavy (non-hydrogen) atoms. The molecule has 6 heteroatoms. The van der Waals surface area contributed by atoms with Gasteiger partial charge in [-0.2, -0.15) is 0 Å². The molecular formula is C18H22N2O4. The lowest BCUT2D eigenvalue weighted by atomic mass is 9.93. The molecule has 0 fully saturated rings. The maximum atomic E-state index is 12.8. The molecule has 2 atom stereocenters. The van der Waals surface area contributed by atoms with Crippen LogP contribution in [0.4, 0.5) is 4.79 Å². The predicted octanol–water partition coefficient (Wildman–Crippen LogP) is 2.27. The van der Waals surface area contributed by atoms with Crippen LogP contribution < -0.4 is 5.32 Å². The number of aliphatic hydroxyl groups is 1. The van der Waals surface area contributed by atoms with Crippen LogP contribution in [0.2, 0.25) is 0 Å². The van der Waals surface area contributed by atoms with E-state index in [0.717, 1.165) is 12.0 Å². The van der Waals surface area contributed by atoms with Crippen LogP contribution >= 0.6 is 0 Å². The van der Waals surface area contributed by atoms with Crippen molar-refractivity contribution in [2.24, 2.45) is 0 Å². The highest BCUT2D eigenvalue weighted by Gasteiger charge is 2.31. The molecular weight excluding hydrogens is 308 g/mol. The Kier molecular flexibility index (Phi) is 5.17. The number of fused-ring (bicyclic) bond motifs is 1. The van der Waals surface area contributed by atoms with Crippen molar-refractivity contribution in [3.63, 3.8) is 0 Å². The van der Waals surface area contributed by atoms with Crippen LogP contribution in [0.15, 0.2) is 47.1 Å². The molecule has 2 heterocycles. The lowest BCUT2D eigenvalue weighted by molar-refractivity contribution is 0.114. The van der Waals surface area contributed by atoms with Gasteiger partial charge >= 0.3 is 6.03 Å². The zero-order chi connectivity index (χ0) is 16.9. The van der Waals surface area contributed by atoms with E-state index in [9.17, 15) is 9.90 Å². The molecule has 0 spiro atoms. The van der Waals surface area contributed by atoms with Gasteiger partial charge in [0.15, 0.2) is 0 Å². The molecule has 2 amide bonds. The fraction of sp³-hybridized carbons (Fsp3) is 0.389. The topological polar surface area (TPSA) is 74.9 Å². The first-order valence-electron chi connectivity index (χ1n) is 8.02. The highest BCUT2D eigenvalue weighted by atomic mass is 16.5. The largest absolute Gasteiger partial charge is 0.467 e. The van der Waals surface area contributed by atoms with Gasteiger partial charge in [0.1, 0.15) is 11.8 Å². The summed E-state index contributed by atoms with van der Waals surface area (Å²) in [4.78, 5) is 14.4. The van der Waals surface area contributed by atoms with Gasteiger partial charge in [-0.3, -0.25) is 0 Å². The first-order valence-corrected chi connectivity index (χ1v) is 8.02. The number of carbonyl (C=O) groups excluding carboxylic acids is 1. The summed E-state index contributed by atoms with van der Waals surface area (Å²) >= 11 is 0. The monoisotopic (exact) mass is 330 g/mol. The SMILES string of the molecule is COCC(NC(=O)N1CCc2ccccc2C1CO)c1ccco1. The van der Waals surface area contributed by atoms with Crippen LogP contribution in [0, 0.1) is 0 Å². The minimum absolute atomic E-state index is 0.111. The molecule has 1 aliphatic heterocycles. The molecule has 0 bridgehead atoms. The normalized spacial score (nSPS) is 18.1. The maximum Gasteiger partial charge on any atom is 0.318 e. The zero-order valence-electron chi connectivity index (χ0n) is 13.6. The molecule has 1 aromatic heterocycles. The lowest BCUT2D eigenvalue weighted by Gasteiger charge is -2.37. The summed E-state index contributed by atoms with van der Waals surface area (Å²) in [6.45, 7) is 0.763. The van der Waals surface area contributed by atoms with Gasteiger partial charge in [-0.1, -0.05) is 24.3 Å². The number of carbonyl (C=O) groups is 1. The standard InChI is InChI=1S/C18H22N2O4/c1-23-12-15(17-7-4-10-24-17)19-18(22)20-9-8-13-5-2-3-6-14(13)16(20)11-21/h2-7,10,15-16,21H,8-9,11-12H2,1H3,(H,19,22). The van der Waals surface area contributed by atoms with E-state index >= 15 is 0 Å². The Hall–Kier alpha value is -2.31. The maximum absolute atomic E-state index is 12.8. The average Bonchev–Trinajstić information content (AvgIpc) is 3.14. The number of methoxy groups -OCH3 is 1. The molecule has 0 saturated heterocycles. The van der Waals surface area contributed by atoms with Crippen LogP contribution in [0.3, 0.4) is 0 Å². The second-order valence-corrected chi connectivity index (χ2v) is 5.81. The number of hydrogen-bond acceptors (Lipinski definition) is 4. The quantitative estimate of drug-likeness (QED) is 0.882. The molecule has 2 aromatic rings. The number of urea groups is 1. The number of amides is 2. The molecule has 2 N–H and O–H groups in total. The number of nitrogens with one attached hydrogen (secondary N) is 1. The zero-order valence-corrected chi connectivity index (χ0v) is 13.6. The number of benzene rings is 1. The van der Waals surface area contributed by atoms with Gasteiger partial charge in [-0.25, -0.2) is 4.79 Å². The Morgan fingerprint density at radius 2 is 2.25 bits per heavy atom. The van der Waals surface area contributed by atoms with E-state index in [4.69, 9.17) is 9.15 Å². The fourth-order valence-electron chi connectivity index (χ4n) is 3.17. The number of nitrogens with zero attached hydrogens (tertiary/aromatic N) is 1. The first kappa shape index (κ1) is 16.5. The van der Waals surface area contributed by atoms with Crippen LogP contribution in [-0.2, 0) is 11.2 Å². The predicted molar refractivity (Wildman–Crippen MR) is 88.5 cm³/mol. The third-order valence-corrected chi connectivity index (χ3v) is 4.36. The molecule has 0 radical (unpaired) electrons. The Bertz CT molecular complexity index is 671. The third kappa shape index (κ3) is 3.29. The van der Waals surface area contributed by atoms with Gasteiger partial charge in [-0.05, 0) is 29.7 Å². The van der Waals surface area contributed by atoms with Crippen LogP contribution in [-0.4, -0.2) is 42.9 Å². The Morgan fingerprint density at radius 1 is 1.42 bits per heavy atom. The summed E-state index contributed by atoms with van der Waals surface area (Å²) in [7, 11) is 1.58. The molecule has 0 saturated carbocycles. The van der Waals surface area contributed by atoms with Gasteiger partial charge in [0.2, 0.25) is 0 Å². The van der Waals surface area contributed by atoms with E-state index in [-0.39, 0.29) is 24.7 Å². The number of ether oxygens (including phenoxy) is 1. The van der Waals surface area contributed by atoms with Gasteiger partial charge in [0.05, 0.1) is 25.5 Å². The summed E-state index contributed by atoms with van der Waals surface area (Å²) in [5, 5.41) is 12.8. The van der Waals surface area contributed by atoms with Crippen molar-refractivity contribution >= 4 is 6.03 Å². The lowest BCUT2D eigenvalue weighted by Crippen LogP contribution is -2.48. The van der Waals surface area contributed by atoms with E-state index in [1.165, 1.54) is 5.56 Å². The van der Waals surface area contributed by atoms with Crippen molar-refractivity contribution in [3.05, 3.63) is 59.5 Å². The minimum atomic E-state index is -0.367. The molecule has 3 rings (SSSR count). The molecule has 1 aliphatic rings. The molecule has 1 aromatic carbocycles. The highest BCUT2D eigenvalue weighted by molar-refractivity contribution is 5.75. The van der Waals surface area contributed by atoms with E-state index in [1.54, 1.807) is 30.4 Å². The fourth-order valence-corrected chi connectivity index (χ4v) is 3.17. The Labute approximate surface area is 141 Å². The second kappa shape index (κ2) is 7.51. The van der Waals surface area contributed by atoms with E-state index in [2.05, 4.69) is 5.32 Å². The summed E-state index contributed by atoms with van der Waals surface area (Å²) in [5.41, 5.74) is 2.18. The van der Waals surface area contributed by atoms with Crippen molar-refractivity contribution in [1.82, 2.24) is 10.2 Å². The van der Waals surface area contributed by atoms with Gasteiger partial charge in [-0.15, -0.1) is 0 Å². The van der Waals surface area contributed by atoms with E-state index in [1.807, 2.05) is 24.3 Å². The molecule has 2 unspecified atom stereocenters. The summed E-state index contributed by atoms with van der Waals surface area (Å²) < 4.78 is 10.6. The highest BCUT2D eigenvalue weighted by Crippen LogP contribution is 2.29. The van der Waals surface area contributed by atoms with Crippen LogP contribution in [0.1, 0.15) is 29.0 Å². The Balaban J connectivity index is 1.77. The molecule has 6 nitrogen and oxygen atoms in total. The second-order valence-electron chi connectivity index (χ2n) is 5.81. The minimum Gasteiger partial charge on any atom is -0.467 e. The van der Waals surface area contributed by atoms with Crippen molar-refractivity contribution in [2.75, 3.05) is 26.9 Å². The van der Waals surface area contributed by atoms with Crippen LogP contribution in [0.5, 0.6) is 0 Å². The summed E-state index contributed by atoms with van der Waals surface area (Å²) in [6.07, 6.45) is 2.34. The van der Waals surface area contributed by atoms with Gasteiger partial charge < -0.3 is 24.5 Å². The third-order valence-electron chi connectivity index (χ3n) is 4.36. The Morgan fingerprint density at radius 3 is 2.96 bits per heavy atom. The number of rotatable bonds is 5. The summed E-state index contributed by atoms with van der Waals surface area (Å²) in [5.74, 6) is 0.642. The average molecular weight is 330 g/mol. The van der Waals surface area contributed by atoms with E-state index < -0.39 is 0 Å². The van der Waals surface area contributed by atoms with Crippen LogP contribution in [0.25, 0.3) is 0 Å². The van der Waals surface area contributed by atoms with Crippen molar-refractivity contribution in [1.29, 1.82) is 0 Å². The van der Waals surface area contributed by atoms with E-state index in [0.29, 0.717) is 18.9 Å². The van der Waals surface area contributed by atoms with Crippen molar-refractivity contribution in [2.45, 2.75) is 18.5 Å². The van der Waals surface area contributed by atoms with Gasteiger partial charge in [0.25, 0.3) is 0 Å².